The van der Waals surface area contributed by atoms with Gasteiger partial charge in [0, 0.05) is 12.2 Å². The molecular formula is C11H14F3NO. The summed E-state index contributed by atoms with van der Waals surface area (Å²) in [5.74, 6) is 0. The van der Waals surface area contributed by atoms with E-state index in [0.29, 0.717) is 6.54 Å². The van der Waals surface area contributed by atoms with Crippen LogP contribution in [-0.4, -0.2) is 25.9 Å². The van der Waals surface area contributed by atoms with Gasteiger partial charge in [-0.2, -0.15) is 13.2 Å². The van der Waals surface area contributed by atoms with E-state index in [0.717, 1.165) is 11.3 Å². The van der Waals surface area contributed by atoms with Crippen LogP contribution in [0.2, 0.25) is 0 Å². The topological polar surface area (TPSA) is 21.3 Å². The van der Waals surface area contributed by atoms with E-state index in [-0.39, 0.29) is 6.61 Å². The Balaban J connectivity index is 2.17. The first-order valence-electron chi connectivity index (χ1n) is 4.92. The van der Waals surface area contributed by atoms with Gasteiger partial charge >= 0.3 is 6.18 Å². The lowest BCUT2D eigenvalue weighted by Gasteiger charge is -2.09. The second-order valence-electron chi connectivity index (χ2n) is 3.46. The second-order valence-corrected chi connectivity index (χ2v) is 3.46. The van der Waals surface area contributed by atoms with Gasteiger partial charge in [0.25, 0.3) is 0 Å². The third kappa shape index (κ3) is 5.60. The van der Waals surface area contributed by atoms with Crippen LogP contribution in [0.15, 0.2) is 24.3 Å². The molecule has 0 fully saturated rings. The number of benzene rings is 1. The molecule has 16 heavy (non-hydrogen) atoms. The Bertz CT molecular complexity index is 325. The summed E-state index contributed by atoms with van der Waals surface area (Å²) in [5.41, 5.74) is 1.98. The van der Waals surface area contributed by atoms with Gasteiger partial charge in [0.2, 0.25) is 0 Å². The van der Waals surface area contributed by atoms with Crippen molar-refractivity contribution in [2.75, 3.05) is 25.1 Å². The smallest absolute Gasteiger partial charge is 0.383 e. The van der Waals surface area contributed by atoms with Crippen LogP contribution in [0.4, 0.5) is 18.9 Å². The summed E-state index contributed by atoms with van der Waals surface area (Å²) in [5, 5.41) is 2.98. The Morgan fingerprint density at radius 2 is 2.06 bits per heavy atom. The lowest BCUT2D eigenvalue weighted by molar-refractivity contribution is -0.172. The van der Waals surface area contributed by atoms with Gasteiger partial charge in [0.05, 0.1) is 6.61 Å². The minimum absolute atomic E-state index is 0.0352. The zero-order chi connectivity index (χ0) is 12.0. The Kier molecular flexibility index (Phi) is 4.61. The Morgan fingerprint density at radius 3 is 2.69 bits per heavy atom. The third-order valence-electron chi connectivity index (χ3n) is 1.86. The van der Waals surface area contributed by atoms with Crippen molar-refractivity contribution in [3.63, 3.8) is 0 Å². The molecule has 1 rings (SSSR count). The number of hydrogen-bond donors (Lipinski definition) is 1. The number of alkyl halides is 3. The first-order valence-corrected chi connectivity index (χ1v) is 4.92. The van der Waals surface area contributed by atoms with Gasteiger partial charge < -0.3 is 10.1 Å². The van der Waals surface area contributed by atoms with Crippen molar-refractivity contribution in [1.29, 1.82) is 0 Å². The van der Waals surface area contributed by atoms with Crippen molar-refractivity contribution in [1.82, 2.24) is 0 Å². The highest BCUT2D eigenvalue weighted by atomic mass is 19.4. The fourth-order valence-electron chi connectivity index (χ4n) is 1.21. The van der Waals surface area contributed by atoms with Crippen LogP contribution in [-0.2, 0) is 4.74 Å². The SMILES string of the molecule is Cc1cccc(NCCOCC(F)(F)F)c1. The van der Waals surface area contributed by atoms with Crippen molar-refractivity contribution in [2.24, 2.45) is 0 Å². The number of anilines is 1. The molecule has 0 aliphatic heterocycles. The molecule has 1 aromatic carbocycles. The monoisotopic (exact) mass is 233 g/mol. The number of ether oxygens (including phenoxy) is 1. The Labute approximate surface area is 92.4 Å². The summed E-state index contributed by atoms with van der Waals surface area (Å²) in [7, 11) is 0. The van der Waals surface area contributed by atoms with Crippen LogP contribution in [0.5, 0.6) is 0 Å². The quantitative estimate of drug-likeness (QED) is 0.789. The maximum atomic E-state index is 11.7. The predicted octanol–water partition coefficient (Wildman–Crippen LogP) is 2.99. The van der Waals surface area contributed by atoms with Gasteiger partial charge in [-0.1, -0.05) is 12.1 Å². The number of aryl methyl sites for hydroxylation is 1. The molecule has 0 saturated carbocycles. The first-order chi connectivity index (χ1) is 7.47. The zero-order valence-electron chi connectivity index (χ0n) is 8.97. The van der Waals surface area contributed by atoms with Gasteiger partial charge in [0.1, 0.15) is 6.61 Å². The molecule has 0 bridgehead atoms. The average Bonchev–Trinajstić information content (AvgIpc) is 2.15. The van der Waals surface area contributed by atoms with E-state index in [9.17, 15) is 13.2 Å². The summed E-state index contributed by atoms with van der Waals surface area (Å²) in [6.45, 7) is 1.15. The molecule has 0 spiro atoms. The normalized spacial score (nSPS) is 11.5. The van der Waals surface area contributed by atoms with Gasteiger partial charge in [-0.3, -0.25) is 0 Å². The minimum Gasteiger partial charge on any atom is -0.383 e. The highest BCUT2D eigenvalue weighted by Gasteiger charge is 2.27. The van der Waals surface area contributed by atoms with Gasteiger partial charge in [-0.05, 0) is 24.6 Å². The first kappa shape index (κ1) is 12.8. The predicted molar refractivity (Wildman–Crippen MR) is 56.5 cm³/mol. The van der Waals surface area contributed by atoms with Gasteiger partial charge in [-0.15, -0.1) is 0 Å². The van der Waals surface area contributed by atoms with Crippen LogP contribution in [0.3, 0.4) is 0 Å². The highest BCUT2D eigenvalue weighted by molar-refractivity contribution is 5.45. The number of nitrogens with one attached hydrogen (secondary N) is 1. The number of rotatable bonds is 5. The number of hydrogen-bond acceptors (Lipinski definition) is 2. The lowest BCUT2D eigenvalue weighted by atomic mass is 10.2. The average molecular weight is 233 g/mol. The van der Waals surface area contributed by atoms with Crippen LogP contribution in [0.25, 0.3) is 0 Å². The van der Waals surface area contributed by atoms with E-state index in [1.54, 1.807) is 0 Å². The number of halogens is 3. The molecule has 1 aromatic rings. The fourth-order valence-corrected chi connectivity index (χ4v) is 1.21. The summed E-state index contributed by atoms with van der Waals surface area (Å²) in [4.78, 5) is 0. The molecule has 0 aromatic heterocycles. The molecule has 0 atom stereocenters. The van der Waals surface area contributed by atoms with Crippen molar-refractivity contribution in [2.45, 2.75) is 13.1 Å². The third-order valence-corrected chi connectivity index (χ3v) is 1.86. The van der Waals surface area contributed by atoms with E-state index in [1.807, 2.05) is 31.2 Å². The van der Waals surface area contributed by atoms with Crippen LogP contribution in [0.1, 0.15) is 5.56 Å². The second kappa shape index (κ2) is 5.75. The molecule has 2 nitrogen and oxygen atoms in total. The molecule has 90 valence electrons. The van der Waals surface area contributed by atoms with Crippen LogP contribution < -0.4 is 5.32 Å². The molecule has 0 radical (unpaired) electrons. The Hall–Kier alpha value is -1.23. The Morgan fingerprint density at radius 1 is 1.31 bits per heavy atom. The summed E-state index contributed by atoms with van der Waals surface area (Å²) < 4.78 is 39.6. The largest absolute Gasteiger partial charge is 0.411 e. The highest BCUT2D eigenvalue weighted by Crippen LogP contribution is 2.14. The van der Waals surface area contributed by atoms with Crippen molar-refractivity contribution >= 4 is 5.69 Å². The van der Waals surface area contributed by atoms with E-state index in [4.69, 9.17) is 0 Å². The van der Waals surface area contributed by atoms with E-state index < -0.39 is 12.8 Å². The van der Waals surface area contributed by atoms with Gasteiger partial charge in [0.15, 0.2) is 0 Å². The molecule has 0 amide bonds. The summed E-state index contributed by atoms with van der Waals surface area (Å²) in [6, 6.07) is 7.61. The molecule has 0 aliphatic carbocycles. The molecular weight excluding hydrogens is 219 g/mol. The van der Waals surface area contributed by atoms with Crippen molar-refractivity contribution in [3.05, 3.63) is 29.8 Å². The minimum atomic E-state index is -4.25. The van der Waals surface area contributed by atoms with E-state index >= 15 is 0 Å². The van der Waals surface area contributed by atoms with Crippen molar-refractivity contribution in [3.8, 4) is 0 Å². The summed E-state index contributed by atoms with van der Waals surface area (Å²) >= 11 is 0. The maximum Gasteiger partial charge on any atom is 0.411 e. The standard InChI is InChI=1S/C11H14F3NO/c1-9-3-2-4-10(7-9)15-5-6-16-8-11(12,13)14/h2-4,7,15H,5-6,8H2,1H3. The molecule has 0 saturated heterocycles. The van der Waals surface area contributed by atoms with E-state index in [1.165, 1.54) is 0 Å². The molecule has 0 aliphatic rings. The molecule has 5 heteroatoms. The maximum absolute atomic E-state index is 11.7. The van der Waals surface area contributed by atoms with Gasteiger partial charge in [-0.25, -0.2) is 0 Å². The van der Waals surface area contributed by atoms with Crippen LogP contribution >= 0.6 is 0 Å². The zero-order valence-corrected chi connectivity index (χ0v) is 8.97. The van der Waals surface area contributed by atoms with E-state index in [2.05, 4.69) is 10.1 Å². The lowest BCUT2D eigenvalue weighted by Crippen LogP contribution is -2.20. The molecule has 0 heterocycles. The van der Waals surface area contributed by atoms with Crippen molar-refractivity contribution < 1.29 is 17.9 Å². The molecule has 0 unspecified atom stereocenters. The van der Waals surface area contributed by atoms with Crippen LogP contribution in [0, 0.1) is 6.92 Å². The molecule has 1 N–H and O–H groups in total. The fraction of sp³-hybridized carbons (Fsp3) is 0.455. The summed E-state index contributed by atoms with van der Waals surface area (Å²) in [6.07, 6.45) is -4.25.